The molecule has 1 aliphatic heterocycles. The van der Waals surface area contributed by atoms with E-state index in [9.17, 15) is 4.79 Å². The summed E-state index contributed by atoms with van der Waals surface area (Å²) in [6.45, 7) is 3.59. The Labute approximate surface area is 95.8 Å². The first-order valence-corrected chi connectivity index (χ1v) is 5.66. The van der Waals surface area contributed by atoms with E-state index in [0.29, 0.717) is 12.5 Å². The Morgan fingerprint density at radius 3 is 2.87 bits per heavy atom. The molecule has 1 saturated heterocycles. The van der Waals surface area contributed by atoms with Crippen LogP contribution in [0, 0.1) is 5.92 Å². The molecule has 1 heterocycles. The Bertz CT molecular complexity index is 225. The number of halogens is 1. The van der Waals surface area contributed by atoms with E-state index in [0.717, 1.165) is 19.6 Å². The van der Waals surface area contributed by atoms with E-state index in [1.807, 2.05) is 11.9 Å². The Hall–Kier alpha value is -0.320. The molecule has 1 rings (SSSR count). The van der Waals surface area contributed by atoms with E-state index < -0.39 is 11.3 Å². The van der Waals surface area contributed by atoms with Gasteiger partial charge in [-0.1, -0.05) is 0 Å². The smallest absolute Gasteiger partial charge is 0.322 e. The van der Waals surface area contributed by atoms with Crippen molar-refractivity contribution in [2.75, 3.05) is 40.3 Å². The van der Waals surface area contributed by atoms with Gasteiger partial charge in [-0.2, -0.15) is 0 Å². The fourth-order valence-corrected chi connectivity index (χ4v) is 2.28. The number of rotatable bonds is 5. The maximum absolute atomic E-state index is 10.6. The molecule has 2 unspecified atom stereocenters. The predicted octanol–water partition coefficient (Wildman–Crippen LogP) is 0.562. The second kappa shape index (κ2) is 5.68. The lowest BCUT2D eigenvalue weighted by molar-refractivity contribution is -0.136. The Kier molecular flexibility index (Phi) is 4.83. The van der Waals surface area contributed by atoms with Crippen molar-refractivity contribution < 1.29 is 9.90 Å². The minimum Gasteiger partial charge on any atom is -0.480 e. The lowest BCUT2D eigenvalue weighted by Gasteiger charge is -2.21. The number of hydrogen-bond acceptors (Lipinski definition) is 3. The van der Waals surface area contributed by atoms with Crippen molar-refractivity contribution in [3.8, 4) is 0 Å². The van der Waals surface area contributed by atoms with E-state index in [1.165, 1.54) is 6.42 Å². The third-order valence-electron chi connectivity index (χ3n) is 2.80. The lowest BCUT2D eigenvalue weighted by Crippen LogP contribution is -2.35. The van der Waals surface area contributed by atoms with Gasteiger partial charge >= 0.3 is 5.97 Å². The fraction of sp³-hybridized carbons (Fsp3) is 0.900. The molecule has 2 atom stereocenters. The minimum absolute atomic E-state index is 0.414. The highest BCUT2D eigenvalue weighted by molar-refractivity contribution is 6.29. The van der Waals surface area contributed by atoms with Gasteiger partial charge in [-0.15, -0.1) is 11.6 Å². The summed E-state index contributed by atoms with van der Waals surface area (Å²) in [5.74, 6) is -0.287. The van der Waals surface area contributed by atoms with Gasteiger partial charge in [-0.3, -0.25) is 4.79 Å². The normalized spacial score (nSPS) is 24.7. The number of nitrogens with zero attached hydrogens (tertiary/aromatic N) is 2. The summed E-state index contributed by atoms with van der Waals surface area (Å²) in [5.41, 5.74) is 0. The van der Waals surface area contributed by atoms with Crippen LogP contribution in [0.25, 0.3) is 0 Å². The second-order valence-corrected chi connectivity index (χ2v) is 4.97. The standard InChI is InChI=1S/C10H19ClN2O2/c1-12-4-3-8(5-12)6-13(2)7-9(11)10(14)15/h8-9H,3-7H2,1-2H3,(H,14,15). The highest BCUT2D eigenvalue weighted by atomic mass is 35.5. The van der Waals surface area contributed by atoms with Gasteiger partial charge < -0.3 is 14.9 Å². The predicted molar refractivity (Wildman–Crippen MR) is 60.4 cm³/mol. The summed E-state index contributed by atoms with van der Waals surface area (Å²) in [7, 11) is 4.04. The van der Waals surface area contributed by atoms with Crippen LogP contribution in [0.1, 0.15) is 6.42 Å². The number of carboxylic acids is 1. The van der Waals surface area contributed by atoms with Crippen LogP contribution in [0.4, 0.5) is 0 Å². The number of aliphatic carboxylic acids is 1. The van der Waals surface area contributed by atoms with Crippen molar-refractivity contribution >= 4 is 17.6 Å². The summed E-state index contributed by atoms with van der Waals surface area (Å²) < 4.78 is 0. The molecule has 0 radical (unpaired) electrons. The number of hydrogen-bond donors (Lipinski definition) is 1. The Morgan fingerprint density at radius 2 is 2.40 bits per heavy atom. The van der Waals surface area contributed by atoms with Crippen molar-refractivity contribution in [2.24, 2.45) is 5.92 Å². The monoisotopic (exact) mass is 234 g/mol. The molecule has 0 aromatic rings. The molecular formula is C10H19ClN2O2. The molecule has 4 nitrogen and oxygen atoms in total. The zero-order chi connectivity index (χ0) is 11.4. The topological polar surface area (TPSA) is 43.8 Å². The minimum atomic E-state index is -0.938. The average molecular weight is 235 g/mol. The van der Waals surface area contributed by atoms with Gasteiger partial charge in [0.1, 0.15) is 5.38 Å². The van der Waals surface area contributed by atoms with Crippen molar-refractivity contribution in [1.82, 2.24) is 9.80 Å². The number of carboxylic acid groups (broad SMARTS) is 1. The van der Waals surface area contributed by atoms with Crippen LogP contribution in [-0.4, -0.2) is 66.5 Å². The maximum atomic E-state index is 10.6. The van der Waals surface area contributed by atoms with Crippen LogP contribution in [-0.2, 0) is 4.79 Å². The van der Waals surface area contributed by atoms with Crippen LogP contribution in [0.3, 0.4) is 0 Å². The first-order chi connectivity index (χ1) is 6.99. The zero-order valence-corrected chi connectivity index (χ0v) is 10.1. The third kappa shape index (κ3) is 4.36. The van der Waals surface area contributed by atoms with E-state index in [4.69, 9.17) is 16.7 Å². The molecule has 15 heavy (non-hydrogen) atoms. The molecule has 0 spiro atoms. The fourth-order valence-electron chi connectivity index (χ4n) is 2.04. The summed E-state index contributed by atoms with van der Waals surface area (Å²) in [6.07, 6.45) is 1.20. The molecule has 1 fully saturated rings. The number of carbonyl (C=O) groups is 1. The first-order valence-electron chi connectivity index (χ1n) is 5.23. The van der Waals surface area contributed by atoms with Gasteiger partial charge in [-0.25, -0.2) is 0 Å². The van der Waals surface area contributed by atoms with Crippen LogP contribution in [0.5, 0.6) is 0 Å². The first kappa shape index (κ1) is 12.7. The van der Waals surface area contributed by atoms with Crippen LogP contribution < -0.4 is 0 Å². The summed E-state index contributed by atoms with van der Waals surface area (Å²) >= 11 is 5.67. The molecular weight excluding hydrogens is 216 g/mol. The molecule has 88 valence electrons. The molecule has 1 N–H and O–H groups in total. The maximum Gasteiger partial charge on any atom is 0.322 e. The van der Waals surface area contributed by atoms with Crippen molar-refractivity contribution in [3.05, 3.63) is 0 Å². The molecule has 0 saturated carbocycles. The summed E-state index contributed by atoms with van der Waals surface area (Å²) in [5, 5.41) is 7.87. The average Bonchev–Trinajstić information content (AvgIpc) is 2.50. The molecule has 0 aromatic heterocycles. The molecule has 0 aromatic carbocycles. The van der Waals surface area contributed by atoms with E-state index in [1.54, 1.807) is 0 Å². The second-order valence-electron chi connectivity index (χ2n) is 4.44. The van der Waals surface area contributed by atoms with E-state index >= 15 is 0 Å². The molecule has 0 bridgehead atoms. The van der Waals surface area contributed by atoms with Gasteiger partial charge in [0, 0.05) is 19.6 Å². The molecule has 0 aliphatic carbocycles. The Morgan fingerprint density at radius 1 is 1.73 bits per heavy atom. The van der Waals surface area contributed by atoms with Gasteiger partial charge in [0.2, 0.25) is 0 Å². The van der Waals surface area contributed by atoms with Crippen molar-refractivity contribution in [3.63, 3.8) is 0 Å². The van der Waals surface area contributed by atoms with Crippen LogP contribution in [0.2, 0.25) is 0 Å². The van der Waals surface area contributed by atoms with Crippen molar-refractivity contribution in [1.29, 1.82) is 0 Å². The highest BCUT2D eigenvalue weighted by Crippen LogP contribution is 2.15. The number of likely N-dealkylation sites (tertiary alicyclic amines) is 1. The third-order valence-corrected chi connectivity index (χ3v) is 3.12. The zero-order valence-electron chi connectivity index (χ0n) is 9.32. The SMILES string of the molecule is CN1CCC(CN(C)CC(Cl)C(=O)O)C1. The molecule has 1 aliphatic rings. The van der Waals surface area contributed by atoms with Gasteiger partial charge in [0.15, 0.2) is 0 Å². The van der Waals surface area contributed by atoms with E-state index in [2.05, 4.69) is 11.9 Å². The van der Waals surface area contributed by atoms with E-state index in [-0.39, 0.29) is 0 Å². The number of alkyl halides is 1. The van der Waals surface area contributed by atoms with Gasteiger partial charge in [0.25, 0.3) is 0 Å². The lowest BCUT2D eigenvalue weighted by atomic mass is 10.1. The Balaban J connectivity index is 2.23. The largest absolute Gasteiger partial charge is 0.480 e. The van der Waals surface area contributed by atoms with Crippen molar-refractivity contribution in [2.45, 2.75) is 11.8 Å². The molecule has 0 amide bonds. The summed E-state index contributed by atoms with van der Waals surface area (Å²) in [4.78, 5) is 14.9. The van der Waals surface area contributed by atoms with Gasteiger partial charge in [0.05, 0.1) is 0 Å². The quantitative estimate of drug-likeness (QED) is 0.707. The summed E-state index contributed by atoms with van der Waals surface area (Å²) in [6, 6.07) is 0. The highest BCUT2D eigenvalue weighted by Gasteiger charge is 2.22. The van der Waals surface area contributed by atoms with Gasteiger partial charge in [-0.05, 0) is 33.0 Å². The van der Waals surface area contributed by atoms with Crippen LogP contribution in [0.15, 0.2) is 0 Å². The molecule has 5 heteroatoms. The van der Waals surface area contributed by atoms with Crippen LogP contribution >= 0.6 is 11.6 Å².